The fourth-order valence-corrected chi connectivity index (χ4v) is 2.39. The Morgan fingerprint density at radius 2 is 1.48 bits per heavy atom. The Kier molecular flexibility index (Phi) is 4.99. The maximum absolute atomic E-state index is 12.7. The number of Topliss-reactive ketones (excluding diaryl/α,β-unsaturated/α-hetero) is 1. The zero-order valence-corrected chi connectivity index (χ0v) is 12.1. The number of hydrogen-bond acceptors (Lipinski definition) is 3. The zero-order chi connectivity index (χ0) is 15.2. The normalized spacial score (nSPS) is 12.0. The Morgan fingerprint density at radius 3 is 2.00 bits per heavy atom. The van der Waals surface area contributed by atoms with Gasteiger partial charge in [-0.2, -0.15) is 0 Å². The molecule has 0 radical (unpaired) electrons. The molecule has 0 saturated heterocycles. The quantitative estimate of drug-likeness (QED) is 0.779. The van der Waals surface area contributed by atoms with Gasteiger partial charge in [-0.3, -0.25) is 4.79 Å². The molecular formula is C18H20O3. The third-order valence-electron chi connectivity index (χ3n) is 3.61. The molecule has 2 rings (SSSR count). The number of phenolic OH excluding ortho intramolecular Hbond substituents is 2. The monoisotopic (exact) mass is 284 g/mol. The number of phenols is 2. The first-order chi connectivity index (χ1) is 10.1. The van der Waals surface area contributed by atoms with Crippen LogP contribution in [0.1, 0.15) is 48.0 Å². The van der Waals surface area contributed by atoms with E-state index in [1.807, 2.05) is 0 Å². The van der Waals surface area contributed by atoms with Gasteiger partial charge in [-0.25, -0.2) is 0 Å². The lowest BCUT2D eigenvalue weighted by Crippen LogP contribution is -2.13. The number of unbranched alkanes of at least 4 members (excludes halogenated alkanes) is 1. The SMILES string of the molecule is CCCCC(C(=O)c1ccc(O)cc1)c1ccc(O)cc1. The van der Waals surface area contributed by atoms with E-state index < -0.39 is 0 Å². The van der Waals surface area contributed by atoms with Gasteiger partial charge in [0.05, 0.1) is 0 Å². The minimum atomic E-state index is -0.213. The van der Waals surface area contributed by atoms with E-state index in [1.165, 1.54) is 12.1 Å². The molecule has 21 heavy (non-hydrogen) atoms. The van der Waals surface area contributed by atoms with Crippen LogP contribution in [0.2, 0.25) is 0 Å². The van der Waals surface area contributed by atoms with E-state index in [2.05, 4.69) is 6.92 Å². The van der Waals surface area contributed by atoms with E-state index >= 15 is 0 Å². The van der Waals surface area contributed by atoms with Crippen LogP contribution in [0.3, 0.4) is 0 Å². The molecule has 1 atom stereocenters. The summed E-state index contributed by atoms with van der Waals surface area (Å²) in [4.78, 5) is 12.7. The van der Waals surface area contributed by atoms with Crippen molar-refractivity contribution >= 4 is 5.78 Å². The van der Waals surface area contributed by atoms with E-state index in [4.69, 9.17) is 0 Å². The largest absolute Gasteiger partial charge is 0.508 e. The second-order valence-electron chi connectivity index (χ2n) is 5.20. The van der Waals surface area contributed by atoms with E-state index in [0.717, 1.165) is 24.8 Å². The fourth-order valence-electron chi connectivity index (χ4n) is 2.39. The lowest BCUT2D eigenvalue weighted by molar-refractivity contribution is 0.0954. The van der Waals surface area contributed by atoms with Crippen molar-refractivity contribution in [1.82, 2.24) is 0 Å². The van der Waals surface area contributed by atoms with Gasteiger partial charge in [0.15, 0.2) is 5.78 Å². The third kappa shape index (κ3) is 3.85. The molecule has 0 amide bonds. The van der Waals surface area contributed by atoms with Crippen LogP contribution in [-0.2, 0) is 0 Å². The molecule has 0 fully saturated rings. The Morgan fingerprint density at radius 1 is 0.952 bits per heavy atom. The maximum atomic E-state index is 12.7. The molecule has 1 unspecified atom stereocenters. The van der Waals surface area contributed by atoms with Crippen LogP contribution in [0.15, 0.2) is 48.5 Å². The van der Waals surface area contributed by atoms with Gasteiger partial charge < -0.3 is 10.2 Å². The average Bonchev–Trinajstić information content (AvgIpc) is 2.50. The summed E-state index contributed by atoms with van der Waals surface area (Å²) in [6.07, 6.45) is 2.77. The summed E-state index contributed by atoms with van der Waals surface area (Å²) in [5.74, 6) is 0.190. The molecule has 110 valence electrons. The van der Waals surface area contributed by atoms with Gasteiger partial charge in [-0.15, -0.1) is 0 Å². The highest BCUT2D eigenvalue weighted by atomic mass is 16.3. The molecule has 0 bridgehead atoms. The van der Waals surface area contributed by atoms with Crippen LogP contribution in [0.5, 0.6) is 11.5 Å². The van der Waals surface area contributed by atoms with E-state index in [1.54, 1.807) is 36.4 Å². The Bertz CT molecular complexity index is 585. The fraction of sp³-hybridized carbons (Fsp3) is 0.278. The van der Waals surface area contributed by atoms with Gasteiger partial charge in [0.25, 0.3) is 0 Å². The van der Waals surface area contributed by atoms with Crippen molar-refractivity contribution in [2.24, 2.45) is 0 Å². The molecular weight excluding hydrogens is 264 g/mol. The number of ketones is 1. The number of benzene rings is 2. The van der Waals surface area contributed by atoms with Crippen LogP contribution in [0.25, 0.3) is 0 Å². The van der Waals surface area contributed by atoms with Gasteiger partial charge in [0.2, 0.25) is 0 Å². The van der Waals surface area contributed by atoms with Gasteiger partial charge in [0.1, 0.15) is 11.5 Å². The third-order valence-corrected chi connectivity index (χ3v) is 3.61. The number of aromatic hydroxyl groups is 2. The molecule has 2 N–H and O–H groups in total. The molecule has 0 aromatic heterocycles. The van der Waals surface area contributed by atoms with Gasteiger partial charge in [-0.1, -0.05) is 31.9 Å². The molecule has 3 heteroatoms. The Hall–Kier alpha value is -2.29. The van der Waals surface area contributed by atoms with E-state index in [0.29, 0.717) is 5.56 Å². The average molecular weight is 284 g/mol. The predicted molar refractivity (Wildman–Crippen MR) is 82.8 cm³/mol. The van der Waals surface area contributed by atoms with Crippen molar-refractivity contribution < 1.29 is 15.0 Å². The van der Waals surface area contributed by atoms with Crippen molar-refractivity contribution in [3.05, 3.63) is 59.7 Å². The van der Waals surface area contributed by atoms with Gasteiger partial charge in [-0.05, 0) is 48.4 Å². The van der Waals surface area contributed by atoms with Gasteiger partial charge >= 0.3 is 0 Å². The second kappa shape index (κ2) is 6.93. The first-order valence-corrected chi connectivity index (χ1v) is 7.24. The molecule has 0 spiro atoms. The Balaban J connectivity index is 2.28. The molecule has 2 aromatic rings. The van der Waals surface area contributed by atoms with Crippen LogP contribution >= 0.6 is 0 Å². The van der Waals surface area contributed by atoms with E-state index in [-0.39, 0.29) is 23.2 Å². The summed E-state index contributed by atoms with van der Waals surface area (Å²) in [5.41, 5.74) is 1.52. The van der Waals surface area contributed by atoms with E-state index in [9.17, 15) is 15.0 Å². The molecule has 0 heterocycles. The standard InChI is InChI=1S/C18H20O3/c1-2-3-4-17(13-5-9-15(19)10-6-13)18(21)14-7-11-16(20)12-8-14/h5-12,17,19-20H,2-4H2,1H3. The smallest absolute Gasteiger partial charge is 0.170 e. The summed E-state index contributed by atoms with van der Waals surface area (Å²) in [6, 6.07) is 13.2. The second-order valence-corrected chi connectivity index (χ2v) is 5.20. The highest BCUT2D eigenvalue weighted by molar-refractivity contribution is 6.01. The number of hydrogen-bond donors (Lipinski definition) is 2. The minimum Gasteiger partial charge on any atom is -0.508 e. The van der Waals surface area contributed by atoms with Crippen LogP contribution < -0.4 is 0 Å². The van der Waals surface area contributed by atoms with Crippen LogP contribution in [0, 0.1) is 0 Å². The zero-order valence-electron chi connectivity index (χ0n) is 12.1. The first-order valence-electron chi connectivity index (χ1n) is 7.24. The molecule has 0 aliphatic heterocycles. The van der Waals surface area contributed by atoms with Crippen molar-refractivity contribution in [2.45, 2.75) is 32.1 Å². The molecule has 2 aromatic carbocycles. The van der Waals surface area contributed by atoms with Crippen molar-refractivity contribution in [3.8, 4) is 11.5 Å². The maximum Gasteiger partial charge on any atom is 0.170 e. The lowest BCUT2D eigenvalue weighted by atomic mass is 9.86. The minimum absolute atomic E-state index is 0.0501. The topological polar surface area (TPSA) is 57.5 Å². The number of rotatable bonds is 6. The molecule has 0 aliphatic carbocycles. The van der Waals surface area contributed by atoms with Crippen molar-refractivity contribution in [1.29, 1.82) is 0 Å². The lowest BCUT2D eigenvalue weighted by Gasteiger charge is -2.16. The molecule has 0 aliphatic rings. The summed E-state index contributed by atoms with van der Waals surface area (Å²) in [5, 5.41) is 18.7. The first kappa shape index (κ1) is 15.1. The van der Waals surface area contributed by atoms with Crippen molar-refractivity contribution in [3.63, 3.8) is 0 Å². The molecule has 3 nitrogen and oxygen atoms in total. The van der Waals surface area contributed by atoms with Gasteiger partial charge in [0, 0.05) is 11.5 Å². The highest BCUT2D eigenvalue weighted by Gasteiger charge is 2.21. The highest BCUT2D eigenvalue weighted by Crippen LogP contribution is 2.28. The summed E-state index contributed by atoms with van der Waals surface area (Å²) >= 11 is 0. The summed E-state index contributed by atoms with van der Waals surface area (Å²) in [7, 11) is 0. The predicted octanol–water partition coefficient (Wildman–Crippen LogP) is 4.25. The summed E-state index contributed by atoms with van der Waals surface area (Å²) in [6.45, 7) is 2.10. The number of carbonyl (C=O) groups excluding carboxylic acids is 1. The summed E-state index contributed by atoms with van der Waals surface area (Å²) < 4.78 is 0. The van der Waals surface area contributed by atoms with Crippen molar-refractivity contribution in [2.75, 3.05) is 0 Å². The number of carbonyl (C=O) groups is 1. The molecule has 0 saturated carbocycles. The van der Waals surface area contributed by atoms with Crippen LogP contribution in [0.4, 0.5) is 0 Å². The Labute approximate surface area is 124 Å². The van der Waals surface area contributed by atoms with Crippen LogP contribution in [-0.4, -0.2) is 16.0 Å².